The number of fused-ring (bicyclic) bond motifs is 4. The molecular formula is C56H44F2N4OPt+2. The standard InChI is InChI=1S/C56H44F2N4O.Pt/c1-6-36-15-14-16-37(7-2)55(36)39-29-43(60-35-61(52-22-13-12-21-51(52)60)49-19-10-8-17-46(49)38-27-41(57)32-42(58)28-38)33-45(30-39)63-44-23-24-48-47-18-9-11-20-50(47)62(53(48)34-44)54-31-40(25-26-59-54)56(3,4)5;/h8-32H,6-7H2,1-5H3;/q;+2. The van der Waals surface area contributed by atoms with Gasteiger partial charge in [-0.25, -0.2) is 13.8 Å². The van der Waals surface area contributed by atoms with E-state index in [1.54, 1.807) is 0 Å². The molecule has 64 heavy (non-hydrogen) atoms. The summed E-state index contributed by atoms with van der Waals surface area (Å²) in [7, 11) is 0. The first-order chi connectivity index (χ1) is 30.6. The van der Waals surface area contributed by atoms with Crippen molar-refractivity contribution in [2.45, 2.75) is 52.9 Å². The third-order valence-corrected chi connectivity index (χ3v) is 11.9. The molecule has 0 saturated carbocycles. The Morgan fingerprint density at radius 3 is 2.03 bits per heavy atom. The first-order valence-electron chi connectivity index (χ1n) is 21.4. The minimum absolute atomic E-state index is 0. The molecule has 9 aromatic rings. The molecule has 0 saturated heterocycles. The van der Waals surface area contributed by atoms with Gasteiger partial charge in [0.2, 0.25) is 5.69 Å². The van der Waals surface area contributed by atoms with E-state index in [0.29, 0.717) is 28.3 Å². The molecule has 1 aliphatic rings. The van der Waals surface area contributed by atoms with Gasteiger partial charge in [0.15, 0.2) is 0 Å². The van der Waals surface area contributed by atoms with Crippen molar-refractivity contribution in [2.75, 3.05) is 0 Å². The average molecular weight is 1020 g/mol. The van der Waals surface area contributed by atoms with Gasteiger partial charge in [-0.15, -0.1) is 29.1 Å². The number of aromatic nitrogens is 2. The van der Waals surface area contributed by atoms with Crippen LogP contribution in [0.3, 0.4) is 0 Å². The Hall–Kier alpha value is -6.78. The number of ether oxygens (including phenoxy) is 1. The Morgan fingerprint density at radius 2 is 1.31 bits per heavy atom. The molecule has 0 bridgehead atoms. The average Bonchev–Trinajstić information content (AvgIpc) is 3.84. The zero-order chi connectivity index (χ0) is 43.4. The van der Waals surface area contributed by atoms with Crippen LogP contribution in [0.25, 0.3) is 49.9 Å². The van der Waals surface area contributed by atoms with Gasteiger partial charge in [0.25, 0.3) is 11.4 Å². The second-order valence-corrected chi connectivity index (χ2v) is 16.9. The van der Waals surface area contributed by atoms with Crippen molar-refractivity contribution in [3.05, 3.63) is 192 Å². The molecule has 3 heterocycles. The van der Waals surface area contributed by atoms with E-state index in [2.05, 4.69) is 130 Å². The summed E-state index contributed by atoms with van der Waals surface area (Å²) >= 11 is 0. The van der Waals surface area contributed by atoms with Crippen molar-refractivity contribution >= 4 is 50.6 Å². The van der Waals surface area contributed by atoms with Crippen molar-refractivity contribution in [1.29, 1.82) is 0 Å². The van der Waals surface area contributed by atoms with Gasteiger partial charge in [-0.2, -0.15) is 6.07 Å². The molecule has 316 valence electrons. The largest absolute Gasteiger partial charge is 2.00 e. The summed E-state index contributed by atoms with van der Waals surface area (Å²) in [4.78, 5) is 4.87. The molecule has 0 atom stereocenters. The Kier molecular flexibility index (Phi) is 11.3. The number of pyridine rings is 1. The number of nitrogens with zero attached hydrogens (tertiary/aromatic N) is 4. The SMILES string of the molecule is CCc1cccc(CC)c1-c1cc(Oc2[c-]c3c(cc2)c2ccccc2n3-c2cc(C(C)(C)C)ccn2)[c-]c([N+]2=C=[N+](c3ccccc3-c3cc(F)cc(F)c3)c3ccccc32)c1.[Pt+2]. The Labute approximate surface area is 386 Å². The van der Waals surface area contributed by atoms with Gasteiger partial charge in [-0.3, -0.25) is 0 Å². The van der Waals surface area contributed by atoms with E-state index in [4.69, 9.17) is 9.72 Å². The molecule has 5 nitrogen and oxygen atoms in total. The fourth-order valence-electron chi connectivity index (χ4n) is 8.80. The molecule has 1 aliphatic heterocycles. The third-order valence-electron chi connectivity index (χ3n) is 11.9. The third kappa shape index (κ3) is 7.70. The zero-order valence-electron chi connectivity index (χ0n) is 36.1. The summed E-state index contributed by atoms with van der Waals surface area (Å²) < 4.78 is 42.2. The van der Waals surface area contributed by atoms with Crippen LogP contribution in [0, 0.1) is 23.8 Å². The molecule has 2 aromatic heterocycles. The van der Waals surface area contributed by atoms with Gasteiger partial charge in [-0.1, -0.05) is 118 Å². The predicted octanol–water partition coefficient (Wildman–Crippen LogP) is 14.5. The number of rotatable bonds is 9. The van der Waals surface area contributed by atoms with Crippen molar-refractivity contribution in [1.82, 2.24) is 18.7 Å². The van der Waals surface area contributed by atoms with E-state index in [1.807, 2.05) is 69.9 Å². The van der Waals surface area contributed by atoms with Crippen LogP contribution in [0.15, 0.2) is 152 Å². The van der Waals surface area contributed by atoms with E-state index in [9.17, 15) is 8.78 Å². The van der Waals surface area contributed by atoms with E-state index < -0.39 is 11.6 Å². The van der Waals surface area contributed by atoms with E-state index >= 15 is 0 Å². The van der Waals surface area contributed by atoms with E-state index in [1.165, 1.54) is 28.8 Å². The minimum atomic E-state index is -0.641. The molecule has 7 aromatic carbocycles. The molecule has 0 unspecified atom stereocenters. The molecule has 0 fully saturated rings. The second-order valence-electron chi connectivity index (χ2n) is 16.9. The second kappa shape index (κ2) is 17.1. The normalized spacial score (nSPS) is 12.2. The number of benzene rings is 7. The van der Waals surface area contributed by atoms with Crippen LogP contribution >= 0.6 is 0 Å². The molecule has 0 amide bonds. The topological polar surface area (TPSA) is 33.1 Å². The molecular weight excluding hydrogens is 978 g/mol. The maximum atomic E-state index is 14.6. The number of para-hydroxylation sites is 4. The monoisotopic (exact) mass is 1020 g/mol. The molecule has 0 spiro atoms. The fourth-order valence-corrected chi connectivity index (χ4v) is 8.80. The first-order valence-corrected chi connectivity index (χ1v) is 21.4. The van der Waals surface area contributed by atoms with E-state index in [0.717, 1.165) is 74.7 Å². The van der Waals surface area contributed by atoms with Gasteiger partial charge >= 0.3 is 27.1 Å². The van der Waals surface area contributed by atoms with Crippen molar-refractivity contribution in [2.24, 2.45) is 0 Å². The van der Waals surface area contributed by atoms with Crippen LogP contribution in [0.4, 0.5) is 31.5 Å². The van der Waals surface area contributed by atoms with Crippen molar-refractivity contribution in [3.8, 4) is 39.6 Å². The van der Waals surface area contributed by atoms with Crippen LogP contribution in [-0.2, 0) is 39.3 Å². The Morgan fingerprint density at radius 1 is 0.641 bits per heavy atom. The number of aryl methyl sites for hydroxylation is 2. The summed E-state index contributed by atoms with van der Waals surface area (Å²) in [5.74, 6) is 0.574. The Bertz CT molecular complexity index is 3310. The molecule has 0 N–H and O–H groups in total. The van der Waals surface area contributed by atoms with Gasteiger partial charge < -0.3 is 9.30 Å². The van der Waals surface area contributed by atoms with Crippen LogP contribution in [0.1, 0.15) is 51.3 Å². The molecule has 8 heteroatoms. The first kappa shape index (κ1) is 42.5. The molecule has 10 rings (SSSR count). The van der Waals surface area contributed by atoms with Crippen LogP contribution < -0.4 is 13.9 Å². The number of hydrogen-bond donors (Lipinski definition) is 0. The van der Waals surface area contributed by atoms with Crippen LogP contribution in [-0.4, -0.2) is 15.6 Å². The summed E-state index contributed by atoms with van der Waals surface area (Å²) in [6.45, 7) is 11.0. The summed E-state index contributed by atoms with van der Waals surface area (Å²) in [6.07, 6.45) is 3.58. The van der Waals surface area contributed by atoms with Crippen LogP contribution in [0.2, 0.25) is 0 Å². The predicted molar refractivity (Wildman–Crippen MR) is 252 cm³/mol. The summed E-state index contributed by atoms with van der Waals surface area (Å²) in [5, 5.41) is 2.15. The Balaban J connectivity index is 0.00000518. The van der Waals surface area contributed by atoms with Gasteiger partial charge in [0.1, 0.15) is 23.1 Å². The maximum absolute atomic E-state index is 14.6. The molecule has 0 radical (unpaired) electrons. The van der Waals surface area contributed by atoms with Gasteiger partial charge in [0, 0.05) is 47.5 Å². The smallest absolute Gasteiger partial charge is 0.509 e. The molecule has 0 aliphatic carbocycles. The number of halogens is 2. The van der Waals surface area contributed by atoms with Crippen molar-refractivity contribution in [3.63, 3.8) is 0 Å². The van der Waals surface area contributed by atoms with E-state index in [-0.39, 0.29) is 26.5 Å². The zero-order valence-corrected chi connectivity index (χ0v) is 38.4. The summed E-state index contributed by atoms with van der Waals surface area (Å²) in [6, 6.07) is 57.4. The summed E-state index contributed by atoms with van der Waals surface area (Å²) in [5.41, 5.74) is 11.8. The minimum Gasteiger partial charge on any atom is -0.509 e. The van der Waals surface area contributed by atoms with Gasteiger partial charge in [-0.05, 0) is 92.4 Å². The maximum Gasteiger partial charge on any atom is 2.00 e. The number of hydrogen-bond acceptors (Lipinski definition) is 2. The van der Waals surface area contributed by atoms with Crippen molar-refractivity contribution < 1.29 is 34.6 Å². The van der Waals surface area contributed by atoms with Gasteiger partial charge in [0.05, 0.1) is 5.56 Å². The van der Waals surface area contributed by atoms with Crippen LogP contribution in [0.5, 0.6) is 11.5 Å². The fraction of sp³-hybridized carbons (Fsp3) is 0.143. The quantitative estimate of drug-likeness (QED) is 0.107.